The summed E-state index contributed by atoms with van der Waals surface area (Å²) in [6.45, 7) is 12.6. The Bertz CT molecular complexity index is 192. The van der Waals surface area contributed by atoms with Crippen molar-refractivity contribution >= 4 is 14.6 Å². The highest BCUT2D eigenvalue weighted by atomic mass is 28.4. The lowest BCUT2D eigenvalue weighted by molar-refractivity contribution is -0.124. The van der Waals surface area contributed by atoms with Crippen molar-refractivity contribution in [3.63, 3.8) is 0 Å². The molecule has 0 N–H and O–H groups in total. The second kappa shape index (κ2) is 5.80. The van der Waals surface area contributed by atoms with Crippen LogP contribution < -0.4 is 0 Å². The van der Waals surface area contributed by atoms with Crippen LogP contribution in [0.4, 0.5) is 0 Å². The largest absolute Gasteiger partial charge is 0.405 e. The van der Waals surface area contributed by atoms with Gasteiger partial charge < -0.3 is 9.22 Å². The minimum atomic E-state index is -1.67. The number of aldehydes is 1. The second-order valence-corrected chi connectivity index (χ2v) is 9.49. The molecule has 0 unspecified atom stereocenters. The maximum Gasteiger partial charge on any atom is 0.193 e. The molecule has 0 bridgehead atoms. The lowest BCUT2D eigenvalue weighted by Gasteiger charge is -2.39. The van der Waals surface area contributed by atoms with Gasteiger partial charge in [-0.1, -0.05) is 34.6 Å². The summed E-state index contributed by atoms with van der Waals surface area (Å²) >= 11 is 0. The Morgan fingerprint density at radius 2 is 1.60 bits per heavy atom. The molecule has 0 aromatic carbocycles. The van der Waals surface area contributed by atoms with Crippen molar-refractivity contribution in [3.8, 4) is 0 Å². The first-order chi connectivity index (χ1) is 6.89. The lowest BCUT2D eigenvalue weighted by Crippen LogP contribution is -2.49. The molecule has 15 heavy (non-hydrogen) atoms. The number of hydrogen-bond acceptors (Lipinski definition) is 2. The molecule has 0 amide bonds. The van der Waals surface area contributed by atoms with Crippen LogP contribution in [0.15, 0.2) is 0 Å². The van der Waals surface area contributed by atoms with E-state index in [0.717, 1.165) is 24.4 Å². The first kappa shape index (κ1) is 14.8. The molecule has 0 aliphatic heterocycles. The predicted octanol–water partition coefficient (Wildman–Crippen LogP) is 3.62. The summed E-state index contributed by atoms with van der Waals surface area (Å²) in [7, 11) is -1.67. The van der Waals surface area contributed by atoms with Gasteiger partial charge in [-0.2, -0.15) is 0 Å². The Morgan fingerprint density at radius 1 is 1.20 bits per heavy atom. The molecule has 0 aliphatic rings. The average molecular weight is 230 g/mol. The van der Waals surface area contributed by atoms with Crippen LogP contribution in [0.3, 0.4) is 0 Å². The van der Waals surface area contributed by atoms with E-state index in [4.69, 9.17) is 4.43 Å². The molecular weight excluding hydrogens is 204 g/mol. The fourth-order valence-electron chi connectivity index (χ4n) is 1.71. The van der Waals surface area contributed by atoms with E-state index in [2.05, 4.69) is 34.6 Å². The third-order valence-electron chi connectivity index (χ3n) is 3.75. The van der Waals surface area contributed by atoms with E-state index in [0.29, 0.717) is 0 Å². The SMILES string of the molecule is CC[Si](CC)(CC)O[C@](C)(C=O)C(C)C. The molecule has 3 heteroatoms. The van der Waals surface area contributed by atoms with Gasteiger partial charge in [-0.25, -0.2) is 0 Å². The molecule has 90 valence electrons. The van der Waals surface area contributed by atoms with Gasteiger partial charge >= 0.3 is 0 Å². The van der Waals surface area contributed by atoms with Crippen LogP contribution in [0.5, 0.6) is 0 Å². The van der Waals surface area contributed by atoms with Gasteiger partial charge in [0.1, 0.15) is 5.60 Å². The molecule has 0 saturated heterocycles. The Balaban J connectivity index is 4.85. The van der Waals surface area contributed by atoms with Crippen molar-refractivity contribution in [1.82, 2.24) is 0 Å². The maximum atomic E-state index is 11.2. The molecule has 0 aromatic rings. The summed E-state index contributed by atoms with van der Waals surface area (Å²) < 4.78 is 6.25. The molecule has 0 spiro atoms. The molecule has 0 heterocycles. The molecule has 2 nitrogen and oxygen atoms in total. The van der Waals surface area contributed by atoms with Crippen molar-refractivity contribution in [2.75, 3.05) is 0 Å². The van der Waals surface area contributed by atoms with Gasteiger partial charge in [-0.15, -0.1) is 0 Å². The Morgan fingerprint density at radius 3 is 1.80 bits per heavy atom. The van der Waals surface area contributed by atoms with Crippen LogP contribution in [0, 0.1) is 5.92 Å². The van der Waals surface area contributed by atoms with Gasteiger partial charge in [0.15, 0.2) is 14.6 Å². The average Bonchev–Trinajstić information content (AvgIpc) is 2.25. The topological polar surface area (TPSA) is 26.3 Å². The highest BCUT2D eigenvalue weighted by molar-refractivity contribution is 6.73. The van der Waals surface area contributed by atoms with Gasteiger partial charge in [0.2, 0.25) is 0 Å². The van der Waals surface area contributed by atoms with Crippen LogP contribution in [-0.4, -0.2) is 20.2 Å². The summed E-state index contributed by atoms with van der Waals surface area (Å²) in [5.41, 5.74) is -0.589. The molecule has 0 radical (unpaired) electrons. The van der Waals surface area contributed by atoms with Crippen LogP contribution in [-0.2, 0) is 9.22 Å². The zero-order valence-electron chi connectivity index (χ0n) is 11.1. The third kappa shape index (κ3) is 3.42. The highest BCUT2D eigenvalue weighted by Gasteiger charge is 2.39. The lowest BCUT2D eigenvalue weighted by atomic mass is 9.95. The number of carbonyl (C=O) groups excluding carboxylic acids is 1. The Kier molecular flexibility index (Phi) is 5.74. The van der Waals surface area contributed by atoms with E-state index < -0.39 is 13.9 Å². The number of hydrogen-bond donors (Lipinski definition) is 0. The molecule has 0 aliphatic carbocycles. The summed E-state index contributed by atoms with van der Waals surface area (Å²) in [4.78, 5) is 11.2. The minimum Gasteiger partial charge on any atom is -0.405 e. The van der Waals surface area contributed by atoms with Crippen molar-refractivity contribution < 1.29 is 9.22 Å². The van der Waals surface area contributed by atoms with E-state index in [1.807, 2.05) is 6.92 Å². The Hall–Kier alpha value is -0.153. The van der Waals surface area contributed by atoms with Gasteiger partial charge in [0.05, 0.1) is 0 Å². The maximum absolute atomic E-state index is 11.2. The van der Waals surface area contributed by atoms with Gasteiger partial charge in [-0.05, 0) is 31.0 Å². The van der Waals surface area contributed by atoms with E-state index >= 15 is 0 Å². The van der Waals surface area contributed by atoms with Crippen LogP contribution in [0.2, 0.25) is 18.1 Å². The van der Waals surface area contributed by atoms with Gasteiger partial charge in [0.25, 0.3) is 0 Å². The zero-order valence-corrected chi connectivity index (χ0v) is 12.1. The van der Waals surface area contributed by atoms with E-state index in [-0.39, 0.29) is 5.92 Å². The quantitative estimate of drug-likeness (QED) is 0.493. The van der Waals surface area contributed by atoms with Gasteiger partial charge in [-0.3, -0.25) is 0 Å². The fraction of sp³-hybridized carbons (Fsp3) is 0.917. The first-order valence-electron chi connectivity index (χ1n) is 6.06. The van der Waals surface area contributed by atoms with Crippen molar-refractivity contribution in [2.24, 2.45) is 5.92 Å². The van der Waals surface area contributed by atoms with Crippen molar-refractivity contribution in [2.45, 2.75) is 65.3 Å². The summed E-state index contributed by atoms with van der Waals surface area (Å²) in [5, 5.41) is 0. The number of rotatable bonds is 7. The van der Waals surface area contributed by atoms with Crippen molar-refractivity contribution in [3.05, 3.63) is 0 Å². The Labute approximate surface area is 95.5 Å². The number of carbonyl (C=O) groups is 1. The van der Waals surface area contributed by atoms with Crippen LogP contribution in [0.25, 0.3) is 0 Å². The predicted molar refractivity (Wildman–Crippen MR) is 67.6 cm³/mol. The van der Waals surface area contributed by atoms with E-state index in [1.54, 1.807) is 0 Å². The van der Waals surface area contributed by atoms with Gasteiger partial charge in [0, 0.05) is 0 Å². The smallest absolute Gasteiger partial charge is 0.193 e. The molecular formula is C12H26O2Si. The highest BCUT2D eigenvalue weighted by Crippen LogP contribution is 2.30. The monoisotopic (exact) mass is 230 g/mol. The summed E-state index contributed by atoms with van der Waals surface area (Å²) in [6, 6.07) is 3.28. The second-order valence-electron chi connectivity index (χ2n) is 4.80. The standard InChI is InChI=1S/C12H26O2Si/c1-7-15(8-2,9-3)14-12(6,10-13)11(4)5/h10-11H,7-9H2,1-6H3/t12-/m1/s1. The molecule has 0 aromatic heterocycles. The summed E-state index contributed by atoms with van der Waals surface area (Å²) in [5.74, 6) is 0.242. The van der Waals surface area contributed by atoms with Crippen LogP contribution >= 0.6 is 0 Å². The third-order valence-corrected chi connectivity index (χ3v) is 8.49. The van der Waals surface area contributed by atoms with Crippen molar-refractivity contribution in [1.29, 1.82) is 0 Å². The zero-order chi connectivity index (χ0) is 12.1. The molecule has 0 saturated carbocycles. The molecule has 0 rings (SSSR count). The first-order valence-corrected chi connectivity index (χ1v) is 8.59. The normalized spacial score (nSPS) is 16.5. The fourth-order valence-corrected chi connectivity index (χ4v) is 4.86. The van der Waals surface area contributed by atoms with E-state index in [1.165, 1.54) is 0 Å². The van der Waals surface area contributed by atoms with Crippen LogP contribution in [0.1, 0.15) is 41.5 Å². The molecule has 1 atom stereocenters. The minimum absolute atomic E-state index is 0.242. The summed E-state index contributed by atoms with van der Waals surface area (Å²) in [6.07, 6.45) is 0.987. The van der Waals surface area contributed by atoms with E-state index in [9.17, 15) is 4.79 Å². The molecule has 0 fully saturated rings.